The average Bonchev–Trinajstić information content (AvgIpc) is 2.94. The topological polar surface area (TPSA) is 76.9 Å². The molecule has 0 bridgehead atoms. The van der Waals surface area contributed by atoms with Crippen LogP contribution in [0.3, 0.4) is 0 Å². The number of hydrogen-bond acceptors (Lipinski definition) is 3. The summed E-state index contributed by atoms with van der Waals surface area (Å²) in [6.45, 7) is 2.05. The number of aromatic nitrogens is 2. The first kappa shape index (κ1) is 12.8. The Bertz CT molecular complexity index is 575. The highest BCUT2D eigenvalue weighted by molar-refractivity contribution is 5.86. The Balaban J connectivity index is 2.18. The molecular formula is C14H15N5. The molecule has 0 saturated heterocycles. The SMILES string of the molecule is CCCC(=Nc1ccc(-c2cnc[nH]2)cc1)NC#N. The Kier molecular flexibility index (Phi) is 4.29. The van der Waals surface area contributed by atoms with E-state index in [1.807, 2.05) is 30.5 Å². The van der Waals surface area contributed by atoms with Gasteiger partial charge in [-0.05, 0) is 24.1 Å². The lowest BCUT2D eigenvalue weighted by atomic mass is 10.1. The molecule has 96 valence electrons. The predicted molar refractivity (Wildman–Crippen MR) is 74.8 cm³/mol. The third-order valence-corrected chi connectivity index (χ3v) is 2.63. The maximum absolute atomic E-state index is 8.66. The Morgan fingerprint density at radius 1 is 1.42 bits per heavy atom. The first-order chi connectivity index (χ1) is 9.33. The van der Waals surface area contributed by atoms with Gasteiger partial charge < -0.3 is 4.98 Å². The molecule has 0 radical (unpaired) electrons. The zero-order valence-corrected chi connectivity index (χ0v) is 10.7. The first-order valence-electron chi connectivity index (χ1n) is 6.15. The van der Waals surface area contributed by atoms with Crippen molar-refractivity contribution in [3.63, 3.8) is 0 Å². The molecule has 0 aliphatic heterocycles. The van der Waals surface area contributed by atoms with Crippen LogP contribution in [-0.2, 0) is 0 Å². The zero-order valence-electron chi connectivity index (χ0n) is 10.7. The highest BCUT2D eigenvalue weighted by Crippen LogP contribution is 2.20. The number of nitriles is 1. The molecule has 0 unspecified atom stereocenters. The second-order valence-electron chi connectivity index (χ2n) is 4.06. The van der Waals surface area contributed by atoms with Gasteiger partial charge in [-0.15, -0.1) is 0 Å². The van der Waals surface area contributed by atoms with Gasteiger partial charge in [0.05, 0.1) is 23.9 Å². The van der Waals surface area contributed by atoms with Crippen LogP contribution in [0, 0.1) is 11.5 Å². The van der Waals surface area contributed by atoms with Crippen LogP contribution in [0.15, 0.2) is 41.8 Å². The van der Waals surface area contributed by atoms with E-state index in [9.17, 15) is 0 Å². The fourth-order valence-electron chi connectivity index (χ4n) is 1.73. The van der Waals surface area contributed by atoms with E-state index in [0.29, 0.717) is 5.84 Å². The van der Waals surface area contributed by atoms with Crippen molar-refractivity contribution in [2.24, 2.45) is 4.99 Å². The maximum atomic E-state index is 8.66. The van der Waals surface area contributed by atoms with Gasteiger partial charge in [0.25, 0.3) is 0 Å². The Morgan fingerprint density at radius 2 is 2.21 bits per heavy atom. The van der Waals surface area contributed by atoms with Crippen molar-refractivity contribution in [1.29, 1.82) is 5.26 Å². The molecule has 0 aliphatic rings. The fourth-order valence-corrected chi connectivity index (χ4v) is 1.73. The quantitative estimate of drug-likeness (QED) is 0.380. The van der Waals surface area contributed by atoms with Crippen LogP contribution in [-0.4, -0.2) is 15.8 Å². The summed E-state index contributed by atoms with van der Waals surface area (Å²) >= 11 is 0. The monoisotopic (exact) mass is 253 g/mol. The van der Waals surface area contributed by atoms with Crippen LogP contribution in [0.1, 0.15) is 19.8 Å². The molecule has 5 nitrogen and oxygen atoms in total. The number of benzene rings is 1. The van der Waals surface area contributed by atoms with E-state index >= 15 is 0 Å². The van der Waals surface area contributed by atoms with E-state index in [0.717, 1.165) is 29.8 Å². The number of imidazole rings is 1. The summed E-state index contributed by atoms with van der Waals surface area (Å²) in [4.78, 5) is 11.5. The van der Waals surface area contributed by atoms with Crippen molar-refractivity contribution in [2.75, 3.05) is 0 Å². The van der Waals surface area contributed by atoms with E-state index in [4.69, 9.17) is 5.26 Å². The fraction of sp³-hybridized carbons (Fsp3) is 0.214. The first-order valence-corrected chi connectivity index (χ1v) is 6.15. The summed E-state index contributed by atoms with van der Waals surface area (Å²) in [5.41, 5.74) is 2.86. The van der Waals surface area contributed by atoms with Crippen molar-refractivity contribution in [2.45, 2.75) is 19.8 Å². The molecule has 2 aromatic rings. The average molecular weight is 253 g/mol. The molecule has 2 N–H and O–H groups in total. The summed E-state index contributed by atoms with van der Waals surface area (Å²) in [6, 6.07) is 7.79. The normalized spacial score (nSPS) is 11.1. The third-order valence-electron chi connectivity index (χ3n) is 2.63. The molecule has 1 heterocycles. The van der Waals surface area contributed by atoms with Gasteiger partial charge in [0.1, 0.15) is 5.84 Å². The Labute approximate surface area is 112 Å². The lowest BCUT2D eigenvalue weighted by Gasteiger charge is -2.03. The number of rotatable bonds is 4. The molecule has 1 aromatic carbocycles. The van der Waals surface area contributed by atoms with Gasteiger partial charge in [-0.1, -0.05) is 19.1 Å². The van der Waals surface area contributed by atoms with E-state index < -0.39 is 0 Å². The van der Waals surface area contributed by atoms with Gasteiger partial charge in [0.15, 0.2) is 6.19 Å². The standard InChI is InChI=1S/C14H15N5/c1-2-3-14(17-9-15)19-12-6-4-11(5-7-12)13-8-16-10-18-13/h4-8,10H,2-3H2,1H3,(H,16,18)(H,17,19). The van der Waals surface area contributed by atoms with Crippen LogP contribution in [0.5, 0.6) is 0 Å². The maximum Gasteiger partial charge on any atom is 0.182 e. The van der Waals surface area contributed by atoms with Crippen LogP contribution in [0.25, 0.3) is 11.3 Å². The van der Waals surface area contributed by atoms with Crippen LogP contribution in [0.4, 0.5) is 5.69 Å². The predicted octanol–water partition coefficient (Wildman–Crippen LogP) is 2.98. The lowest BCUT2D eigenvalue weighted by Crippen LogP contribution is -2.16. The summed E-state index contributed by atoms with van der Waals surface area (Å²) in [5, 5.41) is 11.3. The minimum atomic E-state index is 0.694. The number of hydrogen-bond donors (Lipinski definition) is 2. The molecule has 0 amide bonds. The molecule has 2 rings (SSSR count). The van der Waals surface area contributed by atoms with E-state index in [2.05, 4.69) is 27.2 Å². The molecule has 0 atom stereocenters. The number of H-pyrrole nitrogens is 1. The summed E-state index contributed by atoms with van der Waals surface area (Å²) in [6.07, 6.45) is 7.04. The second kappa shape index (κ2) is 6.36. The van der Waals surface area contributed by atoms with E-state index in [1.54, 1.807) is 12.5 Å². The lowest BCUT2D eigenvalue weighted by molar-refractivity contribution is 0.961. The second-order valence-corrected chi connectivity index (χ2v) is 4.06. The van der Waals surface area contributed by atoms with E-state index in [-0.39, 0.29) is 0 Å². The highest BCUT2D eigenvalue weighted by atomic mass is 15.0. The van der Waals surface area contributed by atoms with Gasteiger partial charge in [-0.2, -0.15) is 5.26 Å². The molecule has 5 heteroatoms. The van der Waals surface area contributed by atoms with Crippen LogP contribution >= 0.6 is 0 Å². The summed E-state index contributed by atoms with van der Waals surface area (Å²) in [5.74, 6) is 0.694. The molecule has 19 heavy (non-hydrogen) atoms. The van der Waals surface area contributed by atoms with Crippen LogP contribution < -0.4 is 5.32 Å². The molecule has 0 fully saturated rings. The zero-order chi connectivity index (χ0) is 13.5. The molecule has 0 aliphatic carbocycles. The number of nitrogens with one attached hydrogen (secondary N) is 2. The largest absolute Gasteiger partial charge is 0.345 e. The van der Waals surface area contributed by atoms with Gasteiger partial charge in [-0.25, -0.2) is 9.98 Å². The van der Waals surface area contributed by atoms with Gasteiger partial charge >= 0.3 is 0 Å². The van der Waals surface area contributed by atoms with Crippen LogP contribution in [0.2, 0.25) is 0 Å². The summed E-state index contributed by atoms with van der Waals surface area (Å²) < 4.78 is 0. The number of aromatic amines is 1. The van der Waals surface area contributed by atoms with Crippen molar-refractivity contribution in [3.05, 3.63) is 36.8 Å². The van der Waals surface area contributed by atoms with Gasteiger partial charge in [0.2, 0.25) is 0 Å². The molecule has 1 aromatic heterocycles. The van der Waals surface area contributed by atoms with Gasteiger partial charge in [-0.3, -0.25) is 5.32 Å². The minimum absolute atomic E-state index is 0.694. The van der Waals surface area contributed by atoms with Crippen molar-refractivity contribution >= 4 is 11.5 Å². The molecule has 0 spiro atoms. The number of aliphatic imine (C=N–C) groups is 1. The smallest absolute Gasteiger partial charge is 0.182 e. The van der Waals surface area contributed by atoms with Crippen molar-refractivity contribution < 1.29 is 0 Å². The van der Waals surface area contributed by atoms with E-state index in [1.165, 1.54) is 0 Å². The number of nitrogens with zero attached hydrogens (tertiary/aromatic N) is 3. The van der Waals surface area contributed by atoms with Crippen molar-refractivity contribution in [1.82, 2.24) is 15.3 Å². The number of amidine groups is 1. The Hall–Kier alpha value is -2.61. The Morgan fingerprint density at radius 3 is 2.79 bits per heavy atom. The summed E-state index contributed by atoms with van der Waals surface area (Å²) in [7, 11) is 0. The third kappa shape index (κ3) is 3.42. The highest BCUT2D eigenvalue weighted by Gasteiger charge is 2.00. The molecule has 0 saturated carbocycles. The minimum Gasteiger partial charge on any atom is -0.345 e. The van der Waals surface area contributed by atoms with Gasteiger partial charge in [0, 0.05) is 6.42 Å². The van der Waals surface area contributed by atoms with Crippen molar-refractivity contribution in [3.8, 4) is 17.5 Å². The molecular weight excluding hydrogens is 238 g/mol.